The first-order valence-corrected chi connectivity index (χ1v) is 3.97. The second-order valence-corrected chi connectivity index (χ2v) is 2.53. The van der Waals surface area contributed by atoms with Crippen LogP contribution in [0.1, 0.15) is 0 Å². The predicted octanol–water partition coefficient (Wildman–Crippen LogP) is 1.78. The summed E-state index contributed by atoms with van der Waals surface area (Å²) in [5, 5.41) is 10.4. The third-order valence-electron chi connectivity index (χ3n) is 1.66. The van der Waals surface area contributed by atoms with Crippen LogP contribution in [0.15, 0.2) is 34.7 Å². The standard InChI is InChI=1S/C9H9N3O/c1-10-9-12-11-8(13-9)7-5-3-2-4-6-7/h2-6H,1H3,(H,10,12). The summed E-state index contributed by atoms with van der Waals surface area (Å²) in [5.41, 5.74) is 0.927. The van der Waals surface area contributed by atoms with Crippen LogP contribution in [0, 0.1) is 0 Å². The minimum atomic E-state index is 0.429. The van der Waals surface area contributed by atoms with Gasteiger partial charge in [0.15, 0.2) is 0 Å². The molecule has 13 heavy (non-hydrogen) atoms. The highest BCUT2D eigenvalue weighted by Crippen LogP contribution is 2.18. The van der Waals surface area contributed by atoms with E-state index < -0.39 is 0 Å². The summed E-state index contributed by atoms with van der Waals surface area (Å²) >= 11 is 0. The zero-order valence-corrected chi connectivity index (χ0v) is 7.19. The minimum Gasteiger partial charge on any atom is -0.403 e. The average Bonchev–Trinajstić information content (AvgIpc) is 2.67. The van der Waals surface area contributed by atoms with Gasteiger partial charge in [0, 0.05) is 12.6 Å². The molecule has 1 aromatic heterocycles. The molecule has 0 radical (unpaired) electrons. The molecule has 1 heterocycles. The largest absolute Gasteiger partial charge is 0.403 e. The van der Waals surface area contributed by atoms with Crippen molar-refractivity contribution in [2.75, 3.05) is 12.4 Å². The third kappa shape index (κ3) is 1.51. The van der Waals surface area contributed by atoms with Gasteiger partial charge in [-0.2, -0.15) is 0 Å². The number of aromatic nitrogens is 2. The van der Waals surface area contributed by atoms with Crippen molar-refractivity contribution in [2.24, 2.45) is 0 Å². The maximum Gasteiger partial charge on any atom is 0.315 e. The fraction of sp³-hybridized carbons (Fsp3) is 0.111. The number of anilines is 1. The summed E-state index contributed by atoms with van der Waals surface area (Å²) in [6, 6.07) is 10.1. The van der Waals surface area contributed by atoms with E-state index in [1.807, 2.05) is 30.3 Å². The Balaban J connectivity index is 2.36. The Kier molecular flexibility index (Phi) is 1.96. The highest BCUT2D eigenvalue weighted by atomic mass is 16.4. The van der Waals surface area contributed by atoms with Crippen molar-refractivity contribution < 1.29 is 4.42 Å². The van der Waals surface area contributed by atoms with Crippen LogP contribution in [0.3, 0.4) is 0 Å². The number of rotatable bonds is 2. The second kappa shape index (κ2) is 3.26. The van der Waals surface area contributed by atoms with E-state index in [1.165, 1.54) is 0 Å². The van der Waals surface area contributed by atoms with Gasteiger partial charge >= 0.3 is 6.01 Å². The van der Waals surface area contributed by atoms with E-state index in [0.717, 1.165) is 5.56 Å². The molecule has 0 spiro atoms. The van der Waals surface area contributed by atoms with Crippen molar-refractivity contribution in [3.05, 3.63) is 30.3 Å². The van der Waals surface area contributed by atoms with Crippen molar-refractivity contribution in [3.63, 3.8) is 0 Å². The zero-order valence-electron chi connectivity index (χ0n) is 7.19. The number of nitrogens with zero attached hydrogens (tertiary/aromatic N) is 2. The lowest BCUT2D eigenvalue weighted by molar-refractivity contribution is 0.585. The summed E-state index contributed by atoms with van der Waals surface area (Å²) < 4.78 is 5.29. The number of nitrogens with one attached hydrogen (secondary N) is 1. The predicted molar refractivity (Wildman–Crippen MR) is 49.3 cm³/mol. The molecule has 1 N–H and O–H groups in total. The Bertz CT molecular complexity index is 383. The lowest BCUT2D eigenvalue weighted by Gasteiger charge is -1.91. The van der Waals surface area contributed by atoms with Crippen LogP contribution in [0.25, 0.3) is 11.5 Å². The van der Waals surface area contributed by atoms with E-state index in [-0.39, 0.29) is 0 Å². The van der Waals surface area contributed by atoms with E-state index in [4.69, 9.17) is 4.42 Å². The van der Waals surface area contributed by atoms with Gasteiger partial charge in [-0.25, -0.2) is 0 Å². The molecule has 0 fully saturated rings. The molecule has 0 saturated heterocycles. The number of hydrogen-bond donors (Lipinski definition) is 1. The van der Waals surface area contributed by atoms with Crippen molar-refractivity contribution in [1.29, 1.82) is 0 Å². The SMILES string of the molecule is CNc1nnc(-c2ccccc2)o1. The van der Waals surface area contributed by atoms with Crippen LogP contribution in [0.4, 0.5) is 6.01 Å². The smallest absolute Gasteiger partial charge is 0.315 e. The van der Waals surface area contributed by atoms with Crippen LogP contribution in [-0.4, -0.2) is 17.2 Å². The molecule has 0 atom stereocenters. The van der Waals surface area contributed by atoms with Gasteiger partial charge < -0.3 is 9.73 Å². The van der Waals surface area contributed by atoms with Crippen molar-refractivity contribution in [1.82, 2.24) is 10.2 Å². The number of benzene rings is 1. The summed E-state index contributed by atoms with van der Waals surface area (Å²) in [7, 11) is 1.74. The van der Waals surface area contributed by atoms with Gasteiger partial charge in [-0.1, -0.05) is 23.3 Å². The zero-order chi connectivity index (χ0) is 9.10. The van der Waals surface area contributed by atoms with Gasteiger partial charge in [0.25, 0.3) is 0 Å². The molecular weight excluding hydrogens is 166 g/mol. The summed E-state index contributed by atoms with van der Waals surface area (Å²) in [5.74, 6) is 0.532. The average molecular weight is 175 g/mol. The fourth-order valence-corrected chi connectivity index (χ4v) is 1.02. The van der Waals surface area contributed by atoms with Crippen LogP contribution in [-0.2, 0) is 0 Å². The van der Waals surface area contributed by atoms with E-state index in [2.05, 4.69) is 15.5 Å². The Morgan fingerprint density at radius 2 is 1.92 bits per heavy atom. The lowest BCUT2D eigenvalue weighted by Crippen LogP contribution is -1.85. The van der Waals surface area contributed by atoms with E-state index in [9.17, 15) is 0 Å². The normalized spacial score (nSPS) is 9.92. The molecule has 1 aromatic carbocycles. The first-order valence-electron chi connectivity index (χ1n) is 3.97. The first-order chi connectivity index (χ1) is 6.40. The monoisotopic (exact) mass is 175 g/mol. The van der Waals surface area contributed by atoms with Crippen LogP contribution in [0.5, 0.6) is 0 Å². The Morgan fingerprint density at radius 3 is 2.54 bits per heavy atom. The molecule has 2 rings (SSSR count). The topological polar surface area (TPSA) is 51.0 Å². The van der Waals surface area contributed by atoms with Gasteiger partial charge in [-0.05, 0) is 12.1 Å². The molecule has 0 unspecified atom stereocenters. The van der Waals surface area contributed by atoms with Crippen LogP contribution < -0.4 is 5.32 Å². The third-order valence-corrected chi connectivity index (χ3v) is 1.66. The fourth-order valence-electron chi connectivity index (χ4n) is 1.02. The van der Waals surface area contributed by atoms with E-state index in [1.54, 1.807) is 7.05 Å². The maximum atomic E-state index is 5.29. The van der Waals surface area contributed by atoms with Gasteiger partial charge in [0.05, 0.1) is 0 Å². The molecule has 0 bridgehead atoms. The van der Waals surface area contributed by atoms with E-state index >= 15 is 0 Å². The maximum absolute atomic E-state index is 5.29. The quantitative estimate of drug-likeness (QED) is 0.755. The molecule has 4 nitrogen and oxygen atoms in total. The minimum absolute atomic E-state index is 0.429. The lowest BCUT2D eigenvalue weighted by atomic mass is 10.2. The van der Waals surface area contributed by atoms with Crippen molar-refractivity contribution in [3.8, 4) is 11.5 Å². The molecule has 0 saturated carbocycles. The molecular formula is C9H9N3O. The van der Waals surface area contributed by atoms with E-state index in [0.29, 0.717) is 11.9 Å². The van der Waals surface area contributed by atoms with Crippen LogP contribution in [0.2, 0.25) is 0 Å². The highest BCUT2D eigenvalue weighted by molar-refractivity contribution is 5.52. The molecule has 0 aliphatic heterocycles. The van der Waals surface area contributed by atoms with Gasteiger partial charge in [0.2, 0.25) is 5.89 Å². The Hall–Kier alpha value is -1.84. The molecule has 0 aliphatic carbocycles. The van der Waals surface area contributed by atoms with Gasteiger partial charge in [0.1, 0.15) is 0 Å². The molecule has 0 aliphatic rings. The Labute approximate surface area is 75.6 Å². The van der Waals surface area contributed by atoms with Gasteiger partial charge in [-0.15, -0.1) is 5.10 Å². The van der Waals surface area contributed by atoms with Crippen molar-refractivity contribution >= 4 is 6.01 Å². The Morgan fingerprint density at radius 1 is 1.15 bits per heavy atom. The molecule has 0 amide bonds. The van der Waals surface area contributed by atoms with Crippen LogP contribution >= 0.6 is 0 Å². The first kappa shape index (κ1) is 7.79. The van der Waals surface area contributed by atoms with Crippen molar-refractivity contribution in [2.45, 2.75) is 0 Å². The molecule has 2 aromatic rings. The summed E-state index contributed by atoms with van der Waals surface area (Å²) in [6.45, 7) is 0. The van der Waals surface area contributed by atoms with Gasteiger partial charge in [-0.3, -0.25) is 0 Å². The molecule has 4 heteroatoms. The highest BCUT2D eigenvalue weighted by Gasteiger charge is 2.05. The summed E-state index contributed by atoms with van der Waals surface area (Å²) in [6.07, 6.45) is 0. The summed E-state index contributed by atoms with van der Waals surface area (Å²) in [4.78, 5) is 0. The number of hydrogen-bond acceptors (Lipinski definition) is 4. The second-order valence-electron chi connectivity index (χ2n) is 2.53. The molecule has 66 valence electrons.